The van der Waals surface area contributed by atoms with Gasteiger partial charge in [0.2, 0.25) is 0 Å². The van der Waals surface area contributed by atoms with E-state index in [2.05, 4.69) is 19.1 Å². The number of rotatable bonds is 13. The average molecular weight is 957 g/mol. The molecule has 0 amide bonds. The second kappa shape index (κ2) is 17.6. The molecule has 6 aromatic carbocycles. The van der Waals surface area contributed by atoms with Crippen LogP contribution in [0.1, 0.15) is 85.3 Å². The molecular weight excluding hydrogens is 902 g/mol. The van der Waals surface area contributed by atoms with Gasteiger partial charge in [0.05, 0.1) is 6.61 Å². The summed E-state index contributed by atoms with van der Waals surface area (Å²) in [5.41, 5.74) is 14.7. The summed E-state index contributed by atoms with van der Waals surface area (Å²) in [5, 5.41) is 32.4. The third kappa shape index (κ3) is 7.94. The lowest BCUT2D eigenvalue weighted by Crippen LogP contribution is -2.07. The molecule has 0 fully saturated rings. The number of esters is 1. The van der Waals surface area contributed by atoms with Crippen molar-refractivity contribution in [2.45, 2.75) is 92.9 Å². The van der Waals surface area contributed by atoms with Crippen LogP contribution in [0.15, 0.2) is 97.1 Å². The van der Waals surface area contributed by atoms with E-state index in [-0.39, 0.29) is 11.7 Å². The molecule has 0 aliphatic rings. The predicted molar refractivity (Wildman–Crippen MR) is 268 cm³/mol. The Morgan fingerprint density at radius 2 is 0.912 bits per heavy atom. The molecule has 0 radical (unpaired) electrons. The molecule has 12 aromatic rings. The zero-order valence-corrected chi connectivity index (χ0v) is 40.6. The van der Waals surface area contributed by atoms with E-state index in [1.165, 1.54) is 36.7 Å². The third-order valence-corrected chi connectivity index (χ3v) is 13.3. The van der Waals surface area contributed by atoms with E-state index in [0.29, 0.717) is 41.7 Å². The standard InChI is InChI=1S/C24H30ClN3O3.C14H12ClN3O.C14H13N3O/c1-3-4-5-6-7-8-13-31-23(29)12-9-18-14-17(2)24(30)22(15-18)28-26-20-11-10-19(25)16-21(20)27(26)28;1-8-5-9(2)14(19)13(6-8)18-16-11-4-3-10(15)7-12(11)17(16)18;1-9-7-10(2)14(18)13(8-9)17-15-11-5-3-4-6-12(11)16(15)17/h10-11,14-16,30H,3-9,12-13H2,1-2H3;3-7,19H,1-2H3;3-8,18H,1-2H3. The third-order valence-electron chi connectivity index (χ3n) is 12.8. The topological polar surface area (TPSA) is 128 Å². The van der Waals surface area contributed by atoms with Gasteiger partial charge in [-0.3, -0.25) is 4.79 Å². The molecule has 14 nitrogen and oxygen atoms in total. The van der Waals surface area contributed by atoms with Gasteiger partial charge in [0.15, 0.2) is 0 Å². The number of aromatic hydroxyl groups is 3. The smallest absolute Gasteiger partial charge is 0.306 e. The number of ether oxygens (including phenoxy) is 1. The highest BCUT2D eigenvalue weighted by Crippen LogP contribution is 2.37. The van der Waals surface area contributed by atoms with E-state index in [9.17, 15) is 20.1 Å². The second-order valence-corrected chi connectivity index (χ2v) is 18.9. The average Bonchev–Trinajstić information content (AvgIpc) is 4.25. The van der Waals surface area contributed by atoms with Crippen LogP contribution >= 0.6 is 23.2 Å². The van der Waals surface area contributed by atoms with Gasteiger partial charge in [0, 0.05) is 16.5 Å². The van der Waals surface area contributed by atoms with E-state index in [0.717, 1.165) is 84.7 Å². The number of hydrogen-bond acceptors (Lipinski definition) is 5. The van der Waals surface area contributed by atoms with Gasteiger partial charge in [0.1, 0.15) is 67.4 Å². The molecule has 16 heteroatoms. The molecular formula is C52H55Cl2N9O5. The van der Waals surface area contributed by atoms with Crippen molar-refractivity contribution in [3.05, 3.63) is 140 Å². The van der Waals surface area contributed by atoms with Crippen molar-refractivity contribution in [3.63, 3.8) is 0 Å². The lowest BCUT2D eigenvalue weighted by atomic mass is 10.0. The molecule has 0 atom stereocenters. The van der Waals surface area contributed by atoms with Crippen molar-refractivity contribution in [2.24, 2.45) is 0 Å². The Morgan fingerprint density at radius 1 is 0.500 bits per heavy atom. The SMILES string of the molecule is CCCCCCCCOC(=O)CCc1cc(C)c(O)c(-n2n3c4ccc(Cl)cc4n23)c1.Cc1cc(C)c(O)c(-n2n3c4ccc(Cl)cc4n23)c1.Cc1cc(C)c(O)c(-n2n3c4ccccc4n23)c1. The highest BCUT2D eigenvalue weighted by atomic mass is 35.5. The number of aromatic nitrogens is 9. The van der Waals surface area contributed by atoms with Crippen LogP contribution in [0, 0.1) is 34.6 Å². The quantitative estimate of drug-likeness (QED) is 0.0783. The number of aryl methyl sites for hydroxylation is 6. The highest BCUT2D eigenvalue weighted by molar-refractivity contribution is 6.31. The zero-order valence-electron chi connectivity index (χ0n) is 39.0. The number of nitrogens with zero attached hydrogens (tertiary/aromatic N) is 9. The Morgan fingerprint density at radius 3 is 1.40 bits per heavy atom. The largest absolute Gasteiger partial charge is 0.505 e. The minimum absolute atomic E-state index is 0.165. The number of unbranched alkanes of at least 4 members (excludes halogenated alkanes) is 5. The Hall–Kier alpha value is -7.03. The van der Waals surface area contributed by atoms with Crippen molar-refractivity contribution in [2.75, 3.05) is 6.61 Å². The lowest BCUT2D eigenvalue weighted by Gasteiger charge is -2.08. The van der Waals surface area contributed by atoms with Crippen LogP contribution in [0.4, 0.5) is 0 Å². The van der Waals surface area contributed by atoms with Gasteiger partial charge >= 0.3 is 5.97 Å². The Labute approximate surface area is 401 Å². The first-order chi connectivity index (χ1) is 32.8. The lowest BCUT2D eigenvalue weighted by molar-refractivity contribution is -0.143. The Kier molecular flexibility index (Phi) is 11.6. The fourth-order valence-electron chi connectivity index (χ4n) is 9.24. The molecule has 3 N–H and O–H groups in total. The van der Waals surface area contributed by atoms with E-state index >= 15 is 0 Å². The van der Waals surface area contributed by atoms with Crippen molar-refractivity contribution >= 4 is 62.3 Å². The normalized spacial score (nSPS) is 12.0. The molecule has 0 bridgehead atoms. The van der Waals surface area contributed by atoms with Crippen LogP contribution in [0.25, 0.3) is 50.2 Å². The molecule has 0 aliphatic carbocycles. The molecule has 6 aromatic heterocycles. The summed E-state index contributed by atoms with van der Waals surface area (Å²) in [6, 6.07) is 31.5. The summed E-state index contributed by atoms with van der Waals surface area (Å²) in [7, 11) is 0. The van der Waals surface area contributed by atoms with Crippen LogP contribution < -0.4 is 0 Å². The van der Waals surface area contributed by atoms with Crippen LogP contribution in [-0.2, 0) is 16.0 Å². The number of carbonyl (C=O) groups is 1. The van der Waals surface area contributed by atoms with Gasteiger partial charge in [-0.15, -0.1) is 42.2 Å². The Balaban J connectivity index is 0.000000125. The van der Waals surface area contributed by atoms with Gasteiger partial charge in [-0.1, -0.05) is 92.6 Å². The molecule has 0 aliphatic heterocycles. The summed E-state index contributed by atoms with van der Waals surface area (Å²) >= 11 is 12.1. The minimum Gasteiger partial charge on any atom is -0.505 e. The Bertz CT molecular complexity index is 3670. The van der Waals surface area contributed by atoms with Crippen LogP contribution in [0.3, 0.4) is 0 Å². The van der Waals surface area contributed by atoms with Gasteiger partial charge in [0.25, 0.3) is 0 Å². The summed E-state index contributed by atoms with van der Waals surface area (Å²) in [4.78, 5) is 18.0. The van der Waals surface area contributed by atoms with E-state index in [1.807, 2.05) is 162 Å². The molecule has 352 valence electrons. The van der Waals surface area contributed by atoms with Gasteiger partial charge in [-0.25, -0.2) is 0 Å². The van der Waals surface area contributed by atoms with Crippen molar-refractivity contribution in [1.29, 1.82) is 0 Å². The summed E-state index contributed by atoms with van der Waals surface area (Å²) in [5.74, 6) is 0.737. The number of benzene rings is 6. The first kappa shape index (κ1) is 44.8. The monoisotopic (exact) mass is 955 g/mol. The molecule has 68 heavy (non-hydrogen) atoms. The van der Waals surface area contributed by atoms with Gasteiger partial charge < -0.3 is 20.1 Å². The number of phenols is 3. The van der Waals surface area contributed by atoms with E-state index in [4.69, 9.17) is 27.9 Å². The van der Waals surface area contributed by atoms with E-state index < -0.39 is 0 Å². The number of para-hydroxylation sites is 2. The maximum Gasteiger partial charge on any atom is 0.306 e. The molecule has 12 rings (SSSR count). The zero-order chi connectivity index (χ0) is 47.7. The van der Waals surface area contributed by atoms with Crippen molar-refractivity contribution in [1.82, 2.24) is 42.2 Å². The van der Waals surface area contributed by atoms with E-state index in [1.54, 1.807) is 0 Å². The fraction of sp³-hybridized carbons (Fsp3) is 0.288. The molecule has 0 spiro atoms. The fourth-order valence-corrected chi connectivity index (χ4v) is 9.57. The first-order valence-corrected chi connectivity index (χ1v) is 24.0. The second-order valence-electron chi connectivity index (χ2n) is 18.0. The molecule has 0 unspecified atom stereocenters. The predicted octanol–water partition coefficient (Wildman–Crippen LogP) is 12.1. The summed E-state index contributed by atoms with van der Waals surface area (Å²) < 4.78 is 17.4. The van der Waals surface area contributed by atoms with Gasteiger partial charge in [-0.05, 0) is 148 Å². The maximum absolute atomic E-state index is 12.1. The molecule has 0 saturated carbocycles. The van der Waals surface area contributed by atoms with Crippen molar-refractivity contribution in [3.8, 4) is 34.3 Å². The highest BCUT2D eigenvalue weighted by Gasteiger charge is 2.29. The first-order valence-electron chi connectivity index (χ1n) is 23.2. The minimum atomic E-state index is -0.165. The van der Waals surface area contributed by atoms with Crippen molar-refractivity contribution < 1.29 is 24.9 Å². The maximum atomic E-state index is 12.1. The number of hydrogen-bond donors (Lipinski definition) is 3. The van der Waals surface area contributed by atoms with Gasteiger partial charge in [-0.2, -0.15) is 0 Å². The number of fused-ring (bicyclic) bond motifs is 12. The van der Waals surface area contributed by atoms with Crippen LogP contribution in [0.5, 0.6) is 17.2 Å². The number of carbonyl (C=O) groups excluding carboxylic acids is 1. The summed E-state index contributed by atoms with van der Waals surface area (Å²) in [6.07, 6.45) is 7.95. The van der Waals surface area contributed by atoms with Crippen LogP contribution in [0.2, 0.25) is 10.0 Å². The number of phenolic OH excluding ortho intramolecular Hbond substituents is 3. The van der Waals surface area contributed by atoms with Crippen LogP contribution in [-0.4, -0.2) is 70.1 Å². The molecule has 0 saturated heterocycles. The molecule has 6 heterocycles. The number of halogens is 2. The summed E-state index contributed by atoms with van der Waals surface area (Å²) in [6.45, 7) is 12.5.